The van der Waals surface area contributed by atoms with Gasteiger partial charge in [0.2, 0.25) is 0 Å². The lowest BCUT2D eigenvalue weighted by molar-refractivity contribution is -0.141. The molecule has 2 aromatic rings. The first-order chi connectivity index (χ1) is 8.39. The molecule has 0 N–H and O–H groups in total. The van der Waals surface area contributed by atoms with Crippen molar-refractivity contribution in [2.75, 3.05) is 0 Å². The number of carbonyl (C=O) groups excluding carboxylic acids is 1. The van der Waals surface area contributed by atoms with Crippen molar-refractivity contribution in [3.05, 3.63) is 47.8 Å². The van der Waals surface area contributed by atoms with Crippen LogP contribution in [0.1, 0.15) is 23.0 Å². The lowest BCUT2D eigenvalue weighted by atomic mass is 10.1. The second-order valence-electron chi connectivity index (χ2n) is 3.72. The van der Waals surface area contributed by atoms with Crippen molar-refractivity contribution >= 4 is 5.78 Å². The summed E-state index contributed by atoms with van der Waals surface area (Å²) in [6, 6.07) is 7.25. The van der Waals surface area contributed by atoms with E-state index in [0.29, 0.717) is 11.3 Å². The van der Waals surface area contributed by atoms with Crippen LogP contribution in [0, 0.1) is 0 Å². The lowest BCUT2D eigenvalue weighted by Crippen LogP contribution is -2.09. The molecule has 0 saturated carbocycles. The number of Topliss-reactive ketones (excluding diaryl/α,β-unsaturated/α-hetero) is 1. The van der Waals surface area contributed by atoms with Crippen LogP contribution >= 0.6 is 0 Å². The summed E-state index contributed by atoms with van der Waals surface area (Å²) in [4.78, 5) is 11.4. The standard InChI is InChI=1S/C12H9F3N2O/c1-8(18)9-4-2-3-5-10(9)17-7-6-11(16-17)12(13,14)15/h2-7H,1H3. The summed E-state index contributed by atoms with van der Waals surface area (Å²) in [6.07, 6.45) is -3.30. The Hall–Kier alpha value is -2.11. The van der Waals surface area contributed by atoms with Crippen molar-refractivity contribution < 1.29 is 18.0 Å². The molecule has 1 aromatic carbocycles. The number of aromatic nitrogens is 2. The first-order valence-electron chi connectivity index (χ1n) is 5.13. The molecule has 18 heavy (non-hydrogen) atoms. The molecule has 0 aliphatic heterocycles. The van der Waals surface area contributed by atoms with E-state index in [-0.39, 0.29) is 5.78 Å². The van der Waals surface area contributed by atoms with Crippen molar-refractivity contribution in [1.29, 1.82) is 0 Å². The maximum Gasteiger partial charge on any atom is 0.435 e. The number of para-hydroxylation sites is 1. The Labute approximate surface area is 101 Å². The van der Waals surface area contributed by atoms with Crippen LogP contribution in [0.2, 0.25) is 0 Å². The van der Waals surface area contributed by atoms with Crippen LogP contribution in [0.4, 0.5) is 13.2 Å². The van der Waals surface area contributed by atoms with Crippen molar-refractivity contribution in [3.8, 4) is 5.69 Å². The molecule has 0 spiro atoms. The Kier molecular flexibility index (Phi) is 2.94. The quantitative estimate of drug-likeness (QED) is 0.772. The number of benzene rings is 1. The average molecular weight is 254 g/mol. The molecule has 0 unspecified atom stereocenters. The molecule has 0 atom stereocenters. The summed E-state index contributed by atoms with van der Waals surface area (Å²) in [5.74, 6) is -0.227. The van der Waals surface area contributed by atoms with Crippen molar-refractivity contribution in [2.45, 2.75) is 13.1 Å². The second-order valence-corrected chi connectivity index (χ2v) is 3.72. The Morgan fingerprint density at radius 1 is 1.22 bits per heavy atom. The zero-order chi connectivity index (χ0) is 13.3. The van der Waals surface area contributed by atoms with E-state index in [0.717, 1.165) is 10.7 Å². The molecule has 1 heterocycles. The van der Waals surface area contributed by atoms with Crippen molar-refractivity contribution in [1.82, 2.24) is 9.78 Å². The third kappa shape index (κ3) is 2.27. The molecule has 0 fully saturated rings. The molecule has 94 valence electrons. The molecule has 0 bridgehead atoms. The highest BCUT2D eigenvalue weighted by atomic mass is 19.4. The predicted octanol–water partition coefficient (Wildman–Crippen LogP) is 3.09. The molecular formula is C12H9F3N2O. The summed E-state index contributed by atoms with van der Waals surface area (Å²) in [6.45, 7) is 1.35. The first-order valence-corrected chi connectivity index (χ1v) is 5.13. The van der Waals surface area contributed by atoms with E-state index in [4.69, 9.17) is 0 Å². The number of rotatable bonds is 2. The largest absolute Gasteiger partial charge is 0.435 e. The highest BCUT2D eigenvalue weighted by molar-refractivity contribution is 5.97. The van der Waals surface area contributed by atoms with Gasteiger partial charge in [-0.2, -0.15) is 18.3 Å². The Bertz CT molecular complexity index is 587. The van der Waals surface area contributed by atoms with Crippen LogP contribution in [-0.4, -0.2) is 15.6 Å². The van der Waals surface area contributed by atoms with Crippen LogP contribution in [0.5, 0.6) is 0 Å². The molecule has 0 aliphatic rings. The third-order valence-electron chi connectivity index (χ3n) is 2.41. The number of carbonyl (C=O) groups is 1. The summed E-state index contributed by atoms with van der Waals surface area (Å²) < 4.78 is 38.4. The second kappa shape index (κ2) is 4.29. The van der Waals surface area contributed by atoms with E-state index in [1.54, 1.807) is 24.3 Å². The number of nitrogens with zero attached hydrogens (tertiary/aromatic N) is 2. The fourth-order valence-corrected chi connectivity index (χ4v) is 1.58. The Morgan fingerprint density at radius 3 is 2.44 bits per heavy atom. The topological polar surface area (TPSA) is 34.9 Å². The molecular weight excluding hydrogens is 245 g/mol. The van der Waals surface area contributed by atoms with Crippen molar-refractivity contribution in [3.63, 3.8) is 0 Å². The maximum absolute atomic E-state index is 12.4. The van der Waals surface area contributed by atoms with Crippen LogP contribution < -0.4 is 0 Å². The van der Waals surface area contributed by atoms with Gasteiger partial charge < -0.3 is 0 Å². The smallest absolute Gasteiger partial charge is 0.294 e. The average Bonchev–Trinajstić information content (AvgIpc) is 2.77. The van der Waals surface area contributed by atoms with E-state index in [2.05, 4.69) is 5.10 Å². The lowest BCUT2D eigenvalue weighted by Gasteiger charge is -2.06. The van der Waals surface area contributed by atoms with Gasteiger partial charge >= 0.3 is 6.18 Å². The zero-order valence-electron chi connectivity index (χ0n) is 9.40. The summed E-state index contributed by atoms with van der Waals surface area (Å²) in [7, 11) is 0. The summed E-state index contributed by atoms with van der Waals surface area (Å²) >= 11 is 0. The van der Waals surface area contributed by atoms with Gasteiger partial charge in [0.25, 0.3) is 0 Å². The first kappa shape index (κ1) is 12.3. The third-order valence-corrected chi connectivity index (χ3v) is 2.41. The molecule has 2 rings (SSSR count). The highest BCUT2D eigenvalue weighted by Crippen LogP contribution is 2.28. The highest BCUT2D eigenvalue weighted by Gasteiger charge is 2.33. The van der Waals surface area contributed by atoms with E-state index in [1.165, 1.54) is 13.1 Å². The van der Waals surface area contributed by atoms with Crippen LogP contribution in [0.15, 0.2) is 36.5 Å². The molecule has 0 aliphatic carbocycles. The Balaban J connectivity index is 2.50. The van der Waals surface area contributed by atoms with Gasteiger partial charge in [0.1, 0.15) is 0 Å². The molecule has 0 amide bonds. The fourth-order valence-electron chi connectivity index (χ4n) is 1.58. The fraction of sp³-hybridized carbons (Fsp3) is 0.167. The van der Waals surface area contributed by atoms with Gasteiger partial charge in [0.15, 0.2) is 11.5 Å². The van der Waals surface area contributed by atoms with E-state index in [9.17, 15) is 18.0 Å². The van der Waals surface area contributed by atoms with Crippen LogP contribution in [0.3, 0.4) is 0 Å². The number of halogens is 3. The minimum atomic E-state index is -4.49. The van der Waals surface area contributed by atoms with Gasteiger partial charge in [-0.25, -0.2) is 4.68 Å². The van der Waals surface area contributed by atoms with Gasteiger partial charge in [0, 0.05) is 11.8 Å². The zero-order valence-corrected chi connectivity index (χ0v) is 9.40. The van der Waals surface area contributed by atoms with Gasteiger partial charge in [-0.15, -0.1) is 0 Å². The monoisotopic (exact) mass is 254 g/mol. The van der Waals surface area contributed by atoms with Gasteiger partial charge in [-0.3, -0.25) is 4.79 Å². The molecule has 3 nitrogen and oxygen atoms in total. The normalized spacial score (nSPS) is 11.6. The van der Waals surface area contributed by atoms with E-state index < -0.39 is 11.9 Å². The number of hydrogen-bond donors (Lipinski definition) is 0. The predicted molar refractivity (Wildman–Crippen MR) is 58.6 cm³/mol. The number of alkyl halides is 3. The number of hydrogen-bond acceptors (Lipinski definition) is 2. The van der Waals surface area contributed by atoms with Crippen LogP contribution in [0.25, 0.3) is 5.69 Å². The maximum atomic E-state index is 12.4. The van der Waals surface area contributed by atoms with E-state index in [1.807, 2.05) is 0 Å². The van der Waals surface area contributed by atoms with Gasteiger partial charge in [0.05, 0.1) is 5.69 Å². The molecule has 6 heteroatoms. The molecule has 0 radical (unpaired) electrons. The van der Waals surface area contributed by atoms with Gasteiger partial charge in [-0.1, -0.05) is 12.1 Å². The Morgan fingerprint density at radius 2 is 1.89 bits per heavy atom. The number of ketones is 1. The summed E-state index contributed by atoms with van der Waals surface area (Å²) in [5, 5.41) is 3.43. The van der Waals surface area contributed by atoms with Gasteiger partial charge in [-0.05, 0) is 25.1 Å². The summed E-state index contributed by atoms with van der Waals surface area (Å²) in [5.41, 5.74) is -0.323. The molecule has 1 aromatic heterocycles. The minimum absolute atomic E-state index is 0.227. The van der Waals surface area contributed by atoms with Crippen LogP contribution in [-0.2, 0) is 6.18 Å². The minimum Gasteiger partial charge on any atom is -0.294 e. The van der Waals surface area contributed by atoms with E-state index >= 15 is 0 Å². The molecule has 0 saturated heterocycles. The van der Waals surface area contributed by atoms with Crippen molar-refractivity contribution in [2.24, 2.45) is 0 Å². The SMILES string of the molecule is CC(=O)c1ccccc1-n1ccc(C(F)(F)F)n1.